The molecule has 226 valence electrons. The van der Waals surface area contributed by atoms with Gasteiger partial charge in [0.15, 0.2) is 0 Å². The first-order valence-corrected chi connectivity index (χ1v) is 16.9. The largest absolute Gasteiger partial charge is 0.477 e. The van der Waals surface area contributed by atoms with E-state index in [9.17, 15) is 9.00 Å². The first-order chi connectivity index (χ1) is 20.6. The van der Waals surface area contributed by atoms with Crippen molar-refractivity contribution in [2.75, 3.05) is 43.6 Å². The molecule has 12 heteroatoms. The van der Waals surface area contributed by atoms with E-state index in [0.29, 0.717) is 71.0 Å². The summed E-state index contributed by atoms with van der Waals surface area (Å²) in [4.78, 5) is 25.5. The highest BCUT2D eigenvalue weighted by Crippen LogP contribution is 2.36. The number of hydrogen-bond acceptors (Lipinski definition) is 8. The van der Waals surface area contributed by atoms with Crippen LogP contribution in [0.1, 0.15) is 35.8 Å². The lowest BCUT2D eigenvalue weighted by Gasteiger charge is -2.16. The number of aryl methyl sites for hydroxylation is 2. The Morgan fingerprint density at radius 1 is 1.07 bits per heavy atom. The van der Waals surface area contributed by atoms with Crippen LogP contribution in [-0.2, 0) is 23.3 Å². The molecular weight excluding hydrogens is 564 g/mol. The van der Waals surface area contributed by atoms with Crippen molar-refractivity contribution in [3.63, 3.8) is 0 Å². The Bertz CT molecular complexity index is 1830. The Kier molecular flexibility index (Phi) is 7.00. The minimum absolute atomic E-state index is 0.271. The van der Waals surface area contributed by atoms with Crippen molar-refractivity contribution in [1.82, 2.24) is 29.2 Å². The van der Waals surface area contributed by atoms with Gasteiger partial charge in [-0.3, -0.25) is 15.1 Å². The number of anilines is 1. The van der Waals surface area contributed by atoms with E-state index in [-0.39, 0.29) is 11.8 Å². The Morgan fingerprint density at radius 3 is 2.65 bits per heavy atom. The van der Waals surface area contributed by atoms with Gasteiger partial charge in [-0.2, -0.15) is 9.46 Å². The molecule has 0 aliphatic carbocycles. The Hall–Kier alpha value is -3.77. The second kappa shape index (κ2) is 10.7. The summed E-state index contributed by atoms with van der Waals surface area (Å²) < 4.78 is 28.6. The van der Waals surface area contributed by atoms with Crippen molar-refractivity contribution in [2.45, 2.75) is 33.2 Å². The summed E-state index contributed by atoms with van der Waals surface area (Å²) in [6.45, 7) is 7.25. The molecule has 2 unspecified atom stereocenters. The third kappa shape index (κ3) is 5.42. The molecule has 6 heterocycles. The SMILES string of the molecule is Cc1cc2cc(n1)-c1cnn(C)c1OCCC[C@@H](C)Cn1c(nc3ccc(N=S4(=O)CC5CN(C)CC5C4)cc31)NC2=O. The fourth-order valence-electron chi connectivity index (χ4n) is 6.89. The lowest BCUT2D eigenvalue weighted by atomic mass is 10.0. The first-order valence-electron chi connectivity index (χ1n) is 15.0. The van der Waals surface area contributed by atoms with Crippen LogP contribution in [0.3, 0.4) is 0 Å². The van der Waals surface area contributed by atoms with Crippen molar-refractivity contribution in [3.8, 4) is 17.1 Å². The van der Waals surface area contributed by atoms with E-state index in [4.69, 9.17) is 14.1 Å². The van der Waals surface area contributed by atoms with Gasteiger partial charge in [0.1, 0.15) is 0 Å². The van der Waals surface area contributed by atoms with Crippen LogP contribution >= 0.6 is 0 Å². The molecule has 3 aliphatic heterocycles. The first kappa shape index (κ1) is 28.0. The number of hydrogen-bond donors (Lipinski definition) is 1. The molecule has 2 fully saturated rings. The number of carbonyl (C=O) groups is 1. The summed E-state index contributed by atoms with van der Waals surface area (Å²) in [5.74, 6) is 3.36. The Morgan fingerprint density at radius 2 is 1.86 bits per heavy atom. The number of fused-ring (bicyclic) bond motifs is 8. The van der Waals surface area contributed by atoms with Crippen molar-refractivity contribution >= 4 is 38.3 Å². The standard InChI is InChI=1S/C31H38N8O3S/c1-19-6-5-9-42-30-25(13-32-38(30)4)27-11-21(10-20(2)33-27)29(40)35-31-34-26-8-7-24(12-28(26)39(31)14-19)36-43(41)17-22-15-37(3)16-23(22)18-43/h7-8,10-13,19,22-23H,5-6,9,14-18H2,1-4H3,(H,34,35,40)/t19-,22?,23?,43?/m1/s1. The lowest BCUT2D eigenvalue weighted by molar-refractivity contribution is 0.102. The van der Waals surface area contributed by atoms with Crippen molar-refractivity contribution in [3.05, 3.63) is 47.8 Å². The number of amides is 1. The monoisotopic (exact) mass is 602 g/mol. The maximum absolute atomic E-state index is 13.8. The second-order valence-electron chi connectivity index (χ2n) is 12.6. The van der Waals surface area contributed by atoms with Crippen LogP contribution in [-0.4, -0.2) is 77.6 Å². The van der Waals surface area contributed by atoms with Gasteiger partial charge in [-0.15, -0.1) is 0 Å². The maximum atomic E-state index is 13.8. The average molecular weight is 603 g/mol. The molecule has 43 heavy (non-hydrogen) atoms. The summed E-state index contributed by atoms with van der Waals surface area (Å²) in [6, 6.07) is 9.33. The molecule has 1 aromatic carbocycles. The number of benzene rings is 1. The van der Waals surface area contributed by atoms with E-state index in [0.717, 1.165) is 42.5 Å². The summed E-state index contributed by atoms with van der Waals surface area (Å²) in [7, 11) is 1.67. The third-order valence-corrected chi connectivity index (χ3v) is 11.3. The number of rotatable bonds is 1. The molecule has 0 saturated carbocycles. The van der Waals surface area contributed by atoms with Gasteiger partial charge in [-0.05, 0) is 74.9 Å². The van der Waals surface area contributed by atoms with Crippen LogP contribution in [0.4, 0.5) is 11.6 Å². The molecule has 2 bridgehead atoms. The number of carbonyl (C=O) groups excluding carboxylic acids is 1. The van der Waals surface area contributed by atoms with Crippen LogP contribution < -0.4 is 10.1 Å². The summed E-state index contributed by atoms with van der Waals surface area (Å²) in [5.41, 5.74) is 4.91. The van der Waals surface area contributed by atoms with Crippen molar-refractivity contribution in [1.29, 1.82) is 0 Å². The van der Waals surface area contributed by atoms with Gasteiger partial charge < -0.3 is 14.2 Å². The second-order valence-corrected chi connectivity index (χ2v) is 15.0. The van der Waals surface area contributed by atoms with Crippen LogP contribution in [0.2, 0.25) is 0 Å². The fraction of sp³-hybridized carbons (Fsp3) is 0.484. The van der Waals surface area contributed by atoms with Gasteiger partial charge in [0.2, 0.25) is 11.8 Å². The predicted molar refractivity (Wildman–Crippen MR) is 167 cm³/mol. The highest BCUT2D eigenvalue weighted by Gasteiger charge is 2.41. The number of aromatic nitrogens is 5. The molecule has 11 nitrogen and oxygen atoms in total. The zero-order valence-corrected chi connectivity index (χ0v) is 25.9. The molecule has 7 rings (SSSR count). The van der Waals surface area contributed by atoms with E-state index < -0.39 is 9.73 Å². The van der Waals surface area contributed by atoms with E-state index in [1.54, 1.807) is 23.0 Å². The molecule has 3 aromatic heterocycles. The number of ether oxygens (including phenoxy) is 1. The summed E-state index contributed by atoms with van der Waals surface area (Å²) >= 11 is 0. The Labute approximate surface area is 251 Å². The lowest BCUT2D eigenvalue weighted by Crippen LogP contribution is -2.19. The highest BCUT2D eigenvalue weighted by atomic mass is 32.2. The molecule has 3 atom stereocenters. The van der Waals surface area contributed by atoms with Crippen LogP contribution in [0.25, 0.3) is 22.3 Å². The highest BCUT2D eigenvalue weighted by molar-refractivity contribution is 7.94. The normalized spacial score (nSPS) is 26.1. The number of imidazole rings is 1. The average Bonchev–Trinajstić information content (AvgIpc) is 3.66. The van der Waals surface area contributed by atoms with Crippen LogP contribution in [0.15, 0.2) is 40.9 Å². The van der Waals surface area contributed by atoms with Crippen molar-refractivity contribution in [2.24, 2.45) is 29.2 Å². The van der Waals surface area contributed by atoms with Gasteiger partial charge in [0.25, 0.3) is 5.91 Å². The van der Waals surface area contributed by atoms with Crippen LogP contribution in [0, 0.1) is 24.7 Å². The minimum atomic E-state index is -2.31. The molecule has 0 spiro atoms. The van der Waals surface area contributed by atoms with E-state index in [2.05, 4.69) is 38.8 Å². The van der Waals surface area contributed by atoms with Gasteiger partial charge in [-0.1, -0.05) is 6.92 Å². The number of pyridine rings is 1. The van der Waals surface area contributed by atoms with Crippen LogP contribution in [0.5, 0.6) is 5.88 Å². The number of nitrogens with one attached hydrogen (secondary N) is 1. The Balaban J connectivity index is 1.27. The minimum Gasteiger partial charge on any atom is -0.477 e. The van der Waals surface area contributed by atoms with Gasteiger partial charge in [-0.25, -0.2) is 13.9 Å². The smallest absolute Gasteiger partial charge is 0.258 e. The molecular formula is C31H38N8O3S. The molecule has 4 aromatic rings. The molecule has 0 radical (unpaired) electrons. The third-order valence-electron chi connectivity index (χ3n) is 8.89. The zero-order chi connectivity index (χ0) is 29.9. The van der Waals surface area contributed by atoms with Gasteiger partial charge in [0.05, 0.1) is 50.5 Å². The van der Waals surface area contributed by atoms with E-state index in [1.807, 2.05) is 32.2 Å². The maximum Gasteiger partial charge on any atom is 0.258 e. The topological polar surface area (TPSA) is 120 Å². The molecule has 3 aliphatic rings. The zero-order valence-electron chi connectivity index (χ0n) is 25.1. The number of nitrogens with zero attached hydrogens (tertiary/aromatic N) is 7. The number of likely N-dealkylation sites (tertiary alicyclic amines) is 1. The van der Waals surface area contributed by atoms with Gasteiger partial charge in [0, 0.05) is 49.4 Å². The fourth-order valence-corrected chi connectivity index (χ4v) is 9.77. The van der Waals surface area contributed by atoms with Crippen molar-refractivity contribution < 1.29 is 13.7 Å². The summed E-state index contributed by atoms with van der Waals surface area (Å²) in [6.07, 6.45) is 3.50. The molecule has 1 amide bonds. The quantitative estimate of drug-likeness (QED) is 0.341. The van der Waals surface area contributed by atoms with Gasteiger partial charge >= 0.3 is 0 Å². The predicted octanol–water partition coefficient (Wildman–Crippen LogP) is 4.49. The molecule has 1 N–H and O–H groups in total. The van der Waals surface area contributed by atoms with E-state index in [1.165, 1.54) is 0 Å². The molecule has 2 saturated heterocycles. The summed E-state index contributed by atoms with van der Waals surface area (Å²) in [5, 5.41) is 7.46. The van der Waals surface area contributed by atoms with E-state index >= 15 is 0 Å².